The third-order valence-electron chi connectivity index (χ3n) is 3.03. The Morgan fingerprint density at radius 2 is 1.85 bits per heavy atom. The van der Waals surface area contributed by atoms with Crippen molar-refractivity contribution in [3.8, 4) is 0 Å². The first kappa shape index (κ1) is 12.5. The molecule has 100 valence electrons. The van der Waals surface area contributed by atoms with Gasteiger partial charge >= 0.3 is 0 Å². The molecule has 0 aromatic carbocycles. The van der Waals surface area contributed by atoms with E-state index in [1.54, 1.807) is 18.5 Å². The lowest BCUT2D eigenvalue weighted by molar-refractivity contribution is 0.587. The highest BCUT2D eigenvalue weighted by molar-refractivity contribution is 5.76. The average Bonchev–Trinajstić information content (AvgIpc) is 2.47. The van der Waals surface area contributed by atoms with E-state index < -0.39 is 0 Å². The van der Waals surface area contributed by atoms with Crippen molar-refractivity contribution >= 4 is 16.9 Å². The average molecular weight is 268 g/mol. The van der Waals surface area contributed by atoms with Crippen LogP contribution in [0.5, 0.6) is 0 Å². The van der Waals surface area contributed by atoms with Crippen LogP contribution in [0.3, 0.4) is 0 Å². The maximum atomic E-state index is 13.7. The molecule has 0 bridgehead atoms. The van der Waals surface area contributed by atoms with Gasteiger partial charge in [-0.25, -0.2) is 14.4 Å². The van der Waals surface area contributed by atoms with Gasteiger partial charge in [0.2, 0.25) is 0 Å². The van der Waals surface area contributed by atoms with Crippen LogP contribution in [0.2, 0.25) is 0 Å². The largest absolute Gasteiger partial charge is 0.362 e. The summed E-state index contributed by atoms with van der Waals surface area (Å²) in [5, 5.41) is 4.10. The molecular formula is C15H13FN4. The van der Waals surface area contributed by atoms with Gasteiger partial charge in [-0.3, -0.25) is 4.98 Å². The van der Waals surface area contributed by atoms with Crippen LogP contribution in [0, 0.1) is 5.82 Å². The van der Waals surface area contributed by atoms with Crippen LogP contribution < -0.4 is 5.32 Å². The molecule has 1 atom stereocenters. The second-order valence-electron chi connectivity index (χ2n) is 4.48. The normalized spacial score (nSPS) is 12.3. The zero-order chi connectivity index (χ0) is 13.9. The lowest BCUT2D eigenvalue weighted by Crippen LogP contribution is -2.11. The molecular weight excluding hydrogens is 255 g/mol. The first-order chi connectivity index (χ1) is 9.74. The van der Waals surface area contributed by atoms with Gasteiger partial charge in [0, 0.05) is 17.8 Å². The predicted octanol–water partition coefficient (Wildman–Crippen LogP) is 3.34. The molecule has 0 radical (unpaired) electrons. The fourth-order valence-electron chi connectivity index (χ4n) is 2.04. The highest BCUT2D eigenvalue weighted by atomic mass is 19.1. The summed E-state index contributed by atoms with van der Waals surface area (Å²) in [5.41, 5.74) is 1.03. The molecule has 0 amide bonds. The molecule has 3 heterocycles. The van der Waals surface area contributed by atoms with E-state index in [9.17, 15) is 4.39 Å². The smallest absolute Gasteiger partial charge is 0.161 e. The van der Waals surface area contributed by atoms with Crippen LogP contribution in [-0.2, 0) is 0 Å². The number of anilines is 1. The summed E-state index contributed by atoms with van der Waals surface area (Å²) in [6.07, 6.45) is 3.27. The maximum Gasteiger partial charge on any atom is 0.161 e. The van der Waals surface area contributed by atoms with Gasteiger partial charge in [0.15, 0.2) is 5.65 Å². The van der Waals surface area contributed by atoms with E-state index >= 15 is 0 Å². The summed E-state index contributed by atoms with van der Waals surface area (Å²) < 4.78 is 13.7. The molecule has 0 saturated heterocycles. The molecule has 1 N–H and O–H groups in total. The van der Waals surface area contributed by atoms with Crippen molar-refractivity contribution in [3.63, 3.8) is 0 Å². The Hall–Kier alpha value is -2.56. The Labute approximate surface area is 115 Å². The first-order valence-corrected chi connectivity index (χ1v) is 6.33. The second-order valence-corrected chi connectivity index (χ2v) is 4.48. The van der Waals surface area contributed by atoms with Crippen molar-refractivity contribution in [2.45, 2.75) is 13.0 Å². The van der Waals surface area contributed by atoms with Crippen LogP contribution >= 0.6 is 0 Å². The van der Waals surface area contributed by atoms with Crippen LogP contribution in [0.4, 0.5) is 10.2 Å². The van der Waals surface area contributed by atoms with Crippen molar-refractivity contribution in [2.75, 3.05) is 5.32 Å². The number of rotatable bonds is 3. The van der Waals surface area contributed by atoms with Crippen molar-refractivity contribution in [3.05, 3.63) is 60.3 Å². The number of halogens is 1. The highest BCUT2D eigenvalue weighted by Crippen LogP contribution is 2.20. The second kappa shape index (κ2) is 5.21. The van der Waals surface area contributed by atoms with E-state index in [0.717, 1.165) is 5.39 Å². The minimum atomic E-state index is -0.327. The Balaban J connectivity index is 1.87. The van der Waals surface area contributed by atoms with Crippen molar-refractivity contribution in [1.82, 2.24) is 15.0 Å². The quantitative estimate of drug-likeness (QED) is 0.791. The van der Waals surface area contributed by atoms with Gasteiger partial charge in [-0.1, -0.05) is 0 Å². The fourth-order valence-corrected chi connectivity index (χ4v) is 2.04. The van der Waals surface area contributed by atoms with E-state index in [2.05, 4.69) is 20.3 Å². The zero-order valence-electron chi connectivity index (χ0n) is 10.9. The van der Waals surface area contributed by atoms with E-state index in [1.807, 2.05) is 31.2 Å². The zero-order valence-corrected chi connectivity index (χ0v) is 10.9. The summed E-state index contributed by atoms with van der Waals surface area (Å²) in [7, 11) is 0. The number of hydrogen-bond donors (Lipinski definition) is 1. The van der Waals surface area contributed by atoms with E-state index in [4.69, 9.17) is 0 Å². The van der Waals surface area contributed by atoms with E-state index in [0.29, 0.717) is 17.2 Å². The molecule has 0 spiro atoms. The number of nitrogens with one attached hydrogen (secondary N) is 1. The molecule has 0 fully saturated rings. The maximum absolute atomic E-state index is 13.7. The Kier molecular flexibility index (Phi) is 3.25. The predicted molar refractivity (Wildman–Crippen MR) is 75.8 cm³/mol. The summed E-state index contributed by atoms with van der Waals surface area (Å²) in [6, 6.07) is 10.3. The van der Waals surface area contributed by atoms with Gasteiger partial charge in [0.1, 0.15) is 11.6 Å². The summed E-state index contributed by atoms with van der Waals surface area (Å²) in [5.74, 6) is 0.320. The summed E-state index contributed by atoms with van der Waals surface area (Å²) >= 11 is 0. The van der Waals surface area contributed by atoms with Crippen molar-refractivity contribution < 1.29 is 4.39 Å². The molecule has 3 aromatic heterocycles. The van der Waals surface area contributed by atoms with Gasteiger partial charge in [-0.2, -0.15) is 0 Å². The summed E-state index contributed by atoms with van der Waals surface area (Å²) in [6.45, 7) is 1.84. The van der Waals surface area contributed by atoms with Crippen LogP contribution in [0.1, 0.15) is 18.7 Å². The Morgan fingerprint density at radius 3 is 2.70 bits per heavy atom. The minimum absolute atomic E-state index is 0.273. The van der Waals surface area contributed by atoms with Gasteiger partial charge < -0.3 is 5.32 Å². The summed E-state index contributed by atoms with van der Waals surface area (Å²) in [4.78, 5) is 12.7. The molecule has 5 heteroatoms. The molecule has 20 heavy (non-hydrogen) atoms. The Bertz CT molecular complexity index is 745. The lowest BCUT2D eigenvalue weighted by atomic mass is 10.2. The van der Waals surface area contributed by atoms with Gasteiger partial charge in [0.25, 0.3) is 0 Å². The highest BCUT2D eigenvalue weighted by Gasteiger charge is 2.12. The number of pyridine rings is 3. The van der Waals surface area contributed by atoms with Crippen LogP contribution in [0.15, 0.2) is 48.8 Å². The monoisotopic (exact) mass is 268 g/mol. The molecule has 3 aromatic rings. The molecule has 4 nitrogen and oxygen atoms in total. The first-order valence-electron chi connectivity index (χ1n) is 6.33. The SMILES string of the molecule is CC(Nc1ccc2cccnc2n1)c1ncccc1F. The topological polar surface area (TPSA) is 50.7 Å². The molecule has 1 unspecified atom stereocenters. The van der Waals surface area contributed by atoms with Gasteiger partial charge in [-0.15, -0.1) is 0 Å². The van der Waals surface area contributed by atoms with Crippen LogP contribution in [0.25, 0.3) is 11.0 Å². The van der Waals surface area contributed by atoms with E-state index in [-0.39, 0.29) is 11.9 Å². The van der Waals surface area contributed by atoms with Gasteiger partial charge in [0.05, 0.1) is 11.7 Å². The fraction of sp³-hybridized carbons (Fsp3) is 0.133. The lowest BCUT2D eigenvalue weighted by Gasteiger charge is -2.14. The third-order valence-corrected chi connectivity index (χ3v) is 3.03. The molecule has 0 aliphatic carbocycles. The molecule has 0 aliphatic heterocycles. The molecule has 0 saturated carbocycles. The number of fused-ring (bicyclic) bond motifs is 1. The number of hydrogen-bond acceptors (Lipinski definition) is 4. The van der Waals surface area contributed by atoms with Crippen LogP contribution in [-0.4, -0.2) is 15.0 Å². The number of nitrogens with zero attached hydrogens (tertiary/aromatic N) is 3. The van der Waals surface area contributed by atoms with E-state index in [1.165, 1.54) is 6.07 Å². The third kappa shape index (κ3) is 2.42. The Morgan fingerprint density at radius 1 is 1.05 bits per heavy atom. The molecule has 0 aliphatic rings. The van der Waals surface area contributed by atoms with Crippen molar-refractivity contribution in [1.29, 1.82) is 0 Å². The minimum Gasteiger partial charge on any atom is -0.362 e. The number of aromatic nitrogens is 3. The van der Waals surface area contributed by atoms with Gasteiger partial charge in [-0.05, 0) is 43.3 Å². The van der Waals surface area contributed by atoms with Crippen molar-refractivity contribution in [2.24, 2.45) is 0 Å². The molecule has 3 rings (SSSR count). The standard InChI is InChI=1S/C15H13FN4/c1-10(14-12(16)5-3-8-17-14)19-13-7-6-11-4-2-9-18-15(11)20-13/h2-10H,1H3,(H,18,19,20).